The van der Waals surface area contributed by atoms with Gasteiger partial charge in [0.05, 0.1) is 6.04 Å². The van der Waals surface area contributed by atoms with Crippen LogP contribution in [0.5, 0.6) is 5.75 Å². The number of hydrogen-bond acceptors (Lipinski definition) is 4. The van der Waals surface area contributed by atoms with Gasteiger partial charge in [-0.15, -0.1) is 0 Å². The molecule has 0 aliphatic rings. The number of aryl methyl sites for hydroxylation is 2. The number of aromatic nitrogens is 1. The summed E-state index contributed by atoms with van der Waals surface area (Å²) in [5, 5.41) is 20.3. The maximum atomic E-state index is 10.7. The van der Waals surface area contributed by atoms with Crippen molar-refractivity contribution < 1.29 is 9.63 Å². The van der Waals surface area contributed by atoms with Crippen molar-refractivity contribution in [2.45, 2.75) is 19.9 Å². The zero-order valence-corrected chi connectivity index (χ0v) is 14.7. The van der Waals surface area contributed by atoms with Crippen LogP contribution in [0.4, 0.5) is 5.82 Å². The van der Waals surface area contributed by atoms with Crippen LogP contribution in [0.15, 0.2) is 71.3 Å². The quantitative estimate of drug-likeness (QED) is 0.524. The molecule has 4 aromatic rings. The number of nitrogens with one attached hydrogen (secondary N) is 1. The molecule has 4 heteroatoms. The molecule has 2 N–H and O–H groups in total. The molecule has 1 unspecified atom stereocenters. The highest BCUT2D eigenvalue weighted by atomic mass is 16.5. The summed E-state index contributed by atoms with van der Waals surface area (Å²) in [4.78, 5) is 0. The van der Waals surface area contributed by atoms with Crippen LogP contribution in [0.2, 0.25) is 0 Å². The van der Waals surface area contributed by atoms with Crippen molar-refractivity contribution in [2.75, 3.05) is 5.32 Å². The fourth-order valence-corrected chi connectivity index (χ4v) is 3.25. The van der Waals surface area contributed by atoms with Crippen LogP contribution < -0.4 is 5.32 Å². The second kappa shape index (κ2) is 6.56. The van der Waals surface area contributed by atoms with Crippen molar-refractivity contribution in [3.05, 3.63) is 89.2 Å². The maximum absolute atomic E-state index is 10.7. The van der Waals surface area contributed by atoms with Crippen molar-refractivity contribution in [3.63, 3.8) is 0 Å². The zero-order valence-electron chi connectivity index (χ0n) is 14.7. The van der Waals surface area contributed by atoms with Crippen molar-refractivity contribution in [1.82, 2.24) is 5.16 Å². The number of phenols is 1. The van der Waals surface area contributed by atoms with Crippen molar-refractivity contribution in [3.8, 4) is 5.75 Å². The number of nitrogens with zero attached hydrogens (tertiary/aromatic N) is 1. The maximum Gasteiger partial charge on any atom is 0.170 e. The summed E-state index contributed by atoms with van der Waals surface area (Å²) in [6.07, 6.45) is 0. The molecule has 3 aromatic carbocycles. The molecule has 0 aliphatic carbocycles. The molecule has 1 atom stereocenters. The normalized spacial score (nSPS) is 12.2. The van der Waals surface area contributed by atoms with Gasteiger partial charge in [-0.1, -0.05) is 65.3 Å². The number of hydrogen-bond donors (Lipinski definition) is 2. The Bertz CT molecular complexity index is 1050. The average Bonchev–Trinajstić information content (AvgIpc) is 3.06. The predicted molar refractivity (Wildman–Crippen MR) is 103 cm³/mol. The first-order valence-electron chi connectivity index (χ1n) is 8.59. The highest BCUT2D eigenvalue weighted by Gasteiger charge is 2.21. The smallest absolute Gasteiger partial charge is 0.170 e. The lowest BCUT2D eigenvalue weighted by Crippen LogP contribution is -2.13. The van der Waals surface area contributed by atoms with E-state index in [-0.39, 0.29) is 11.8 Å². The molecule has 0 radical (unpaired) electrons. The van der Waals surface area contributed by atoms with Gasteiger partial charge >= 0.3 is 0 Å². The molecule has 130 valence electrons. The first kappa shape index (κ1) is 16.2. The largest absolute Gasteiger partial charge is 0.508 e. The summed E-state index contributed by atoms with van der Waals surface area (Å²) in [6.45, 7) is 3.91. The molecule has 4 nitrogen and oxygen atoms in total. The minimum atomic E-state index is -0.258. The lowest BCUT2D eigenvalue weighted by Gasteiger charge is -2.22. The standard InChI is InChI=1S/C22H20N2O2/c1-14-7-9-17(10-8-14)22(23-20-13-15(2)26-24-20)21-18-6-4-3-5-16(18)11-12-19(21)25/h3-13,22,25H,1-2H3,(H,23,24). The Balaban J connectivity index is 1.90. The molecule has 0 amide bonds. The molecule has 26 heavy (non-hydrogen) atoms. The molecular formula is C22H20N2O2. The fourth-order valence-electron chi connectivity index (χ4n) is 3.25. The fraction of sp³-hybridized carbons (Fsp3) is 0.136. The number of phenolic OH excluding ortho intramolecular Hbond substituents is 1. The van der Waals surface area contributed by atoms with Crippen LogP contribution in [0.25, 0.3) is 10.8 Å². The predicted octanol–water partition coefficient (Wildman–Crippen LogP) is 5.35. The first-order valence-corrected chi connectivity index (χ1v) is 8.59. The monoisotopic (exact) mass is 344 g/mol. The Morgan fingerprint density at radius 1 is 0.962 bits per heavy atom. The van der Waals surface area contributed by atoms with Gasteiger partial charge in [-0.2, -0.15) is 0 Å². The van der Waals surface area contributed by atoms with E-state index >= 15 is 0 Å². The molecule has 0 aliphatic heterocycles. The molecule has 0 saturated heterocycles. The SMILES string of the molecule is Cc1ccc(C(Nc2cc(C)on2)c2c(O)ccc3ccccc23)cc1. The topological polar surface area (TPSA) is 58.3 Å². The van der Waals surface area contributed by atoms with E-state index in [0.29, 0.717) is 5.82 Å². The Morgan fingerprint density at radius 2 is 1.73 bits per heavy atom. The summed E-state index contributed by atoms with van der Waals surface area (Å²) in [7, 11) is 0. The molecule has 1 heterocycles. The molecular weight excluding hydrogens is 324 g/mol. The highest BCUT2D eigenvalue weighted by molar-refractivity contribution is 5.89. The number of anilines is 1. The summed E-state index contributed by atoms with van der Waals surface area (Å²) in [5.74, 6) is 1.62. The third-order valence-corrected chi connectivity index (χ3v) is 4.57. The first-order chi connectivity index (χ1) is 12.6. The van der Waals surface area contributed by atoms with Gasteiger partial charge in [0.15, 0.2) is 5.82 Å². The summed E-state index contributed by atoms with van der Waals surface area (Å²) in [5.41, 5.74) is 3.06. The van der Waals surface area contributed by atoms with E-state index in [1.807, 2.05) is 43.3 Å². The van der Waals surface area contributed by atoms with Gasteiger partial charge in [0.2, 0.25) is 0 Å². The van der Waals surface area contributed by atoms with Crippen LogP contribution >= 0.6 is 0 Å². The van der Waals surface area contributed by atoms with Crippen LogP contribution in [0.3, 0.4) is 0 Å². The van der Waals surface area contributed by atoms with Crippen LogP contribution in [0, 0.1) is 13.8 Å². The Kier molecular flexibility index (Phi) is 4.09. The number of benzene rings is 3. The zero-order chi connectivity index (χ0) is 18.1. The van der Waals surface area contributed by atoms with E-state index in [1.54, 1.807) is 6.07 Å². The second-order valence-electron chi connectivity index (χ2n) is 6.53. The second-order valence-corrected chi connectivity index (χ2v) is 6.53. The van der Waals surface area contributed by atoms with Gasteiger partial charge in [0, 0.05) is 11.6 Å². The lowest BCUT2D eigenvalue weighted by atomic mass is 9.92. The number of rotatable bonds is 4. The van der Waals surface area contributed by atoms with Gasteiger partial charge in [0.1, 0.15) is 11.5 Å². The van der Waals surface area contributed by atoms with Crippen LogP contribution in [-0.4, -0.2) is 10.3 Å². The Hall–Kier alpha value is -3.27. The molecule has 0 spiro atoms. The van der Waals surface area contributed by atoms with E-state index in [2.05, 4.69) is 41.7 Å². The molecule has 1 aromatic heterocycles. The average molecular weight is 344 g/mol. The molecule has 0 bridgehead atoms. The van der Waals surface area contributed by atoms with Crippen LogP contribution in [-0.2, 0) is 0 Å². The van der Waals surface area contributed by atoms with E-state index in [9.17, 15) is 5.11 Å². The highest BCUT2D eigenvalue weighted by Crippen LogP contribution is 2.37. The summed E-state index contributed by atoms with van der Waals surface area (Å²) >= 11 is 0. The van der Waals surface area contributed by atoms with E-state index in [0.717, 1.165) is 27.7 Å². The van der Waals surface area contributed by atoms with E-state index < -0.39 is 0 Å². The Morgan fingerprint density at radius 3 is 2.46 bits per heavy atom. The van der Waals surface area contributed by atoms with Crippen molar-refractivity contribution in [1.29, 1.82) is 0 Å². The lowest BCUT2D eigenvalue weighted by molar-refractivity contribution is 0.399. The van der Waals surface area contributed by atoms with Gasteiger partial charge in [-0.3, -0.25) is 0 Å². The molecule has 0 saturated carbocycles. The van der Waals surface area contributed by atoms with Crippen LogP contribution in [0.1, 0.15) is 28.5 Å². The minimum absolute atomic E-state index is 0.252. The minimum Gasteiger partial charge on any atom is -0.508 e. The van der Waals surface area contributed by atoms with E-state index in [1.165, 1.54) is 5.56 Å². The summed E-state index contributed by atoms with van der Waals surface area (Å²) in [6, 6.07) is 21.6. The third kappa shape index (κ3) is 3.02. The molecule has 0 fully saturated rings. The summed E-state index contributed by atoms with van der Waals surface area (Å²) < 4.78 is 5.20. The van der Waals surface area contributed by atoms with Gasteiger partial charge in [-0.25, -0.2) is 0 Å². The van der Waals surface area contributed by atoms with Gasteiger partial charge in [-0.05, 0) is 36.2 Å². The number of aromatic hydroxyl groups is 1. The van der Waals surface area contributed by atoms with Crippen molar-refractivity contribution >= 4 is 16.6 Å². The van der Waals surface area contributed by atoms with Crippen molar-refractivity contribution in [2.24, 2.45) is 0 Å². The molecule has 4 rings (SSSR count). The third-order valence-electron chi connectivity index (χ3n) is 4.57. The van der Waals surface area contributed by atoms with Gasteiger partial charge < -0.3 is 14.9 Å². The van der Waals surface area contributed by atoms with Gasteiger partial charge in [0.25, 0.3) is 0 Å². The Labute approximate surface area is 152 Å². The van der Waals surface area contributed by atoms with E-state index in [4.69, 9.17) is 4.52 Å². The number of fused-ring (bicyclic) bond motifs is 1.